The van der Waals surface area contributed by atoms with E-state index in [-0.39, 0.29) is 18.2 Å². The van der Waals surface area contributed by atoms with Crippen LogP contribution in [0.1, 0.15) is 50.8 Å². The smallest absolute Gasteiger partial charge is 0.0693 e. The van der Waals surface area contributed by atoms with Crippen molar-refractivity contribution in [1.29, 1.82) is 0 Å². The summed E-state index contributed by atoms with van der Waals surface area (Å²) in [5.74, 6) is 0. The van der Waals surface area contributed by atoms with Crippen LogP contribution in [0.3, 0.4) is 0 Å². The maximum Gasteiger partial charge on any atom is 0.0693 e. The van der Waals surface area contributed by atoms with E-state index in [0.717, 1.165) is 25.0 Å². The summed E-state index contributed by atoms with van der Waals surface area (Å²) in [6, 6.07) is 2.42. The fourth-order valence-corrected chi connectivity index (χ4v) is 2.40. The molecule has 1 aliphatic carbocycles. The first-order chi connectivity index (χ1) is 7.77. The highest BCUT2D eigenvalue weighted by atomic mass is 16.3. The summed E-state index contributed by atoms with van der Waals surface area (Å²) in [4.78, 5) is 0. The Hall–Kier alpha value is -0.870. The minimum Gasteiger partial charge on any atom is -0.392 e. The summed E-state index contributed by atoms with van der Waals surface area (Å²) in [7, 11) is 0. The third-order valence-corrected chi connectivity index (χ3v) is 3.43. The van der Waals surface area contributed by atoms with E-state index in [1.165, 1.54) is 12.8 Å². The quantitative estimate of drug-likeness (QED) is 0.684. The van der Waals surface area contributed by atoms with Gasteiger partial charge in [-0.2, -0.15) is 5.10 Å². The van der Waals surface area contributed by atoms with Gasteiger partial charge in [0, 0.05) is 18.3 Å². The predicted octanol–water partition coefficient (Wildman–Crippen LogP) is 1.75. The van der Waals surface area contributed by atoms with E-state index in [1.54, 1.807) is 6.20 Å². The second-order valence-electron chi connectivity index (χ2n) is 4.71. The zero-order valence-electron chi connectivity index (χ0n) is 9.82. The third-order valence-electron chi connectivity index (χ3n) is 3.43. The normalized spacial score (nSPS) is 28.6. The largest absolute Gasteiger partial charge is 0.392 e. The zero-order valence-corrected chi connectivity index (χ0v) is 9.82. The highest BCUT2D eigenvalue weighted by Crippen LogP contribution is 2.20. The average molecular weight is 223 g/mol. The van der Waals surface area contributed by atoms with Gasteiger partial charge < -0.3 is 10.4 Å². The summed E-state index contributed by atoms with van der Waals surface area (Å²) >= 11 is 0. The number of H-pyrrole nitrogens is 1. The molecule has 0 aromatic carbocycles. The van der Waals surface area contributed by atoms with E-state index in [0.29, 0.717) is 0 Å². The standard InChI is InChI=1S/C12H21N3O/c1-9(10-7-8-13-15-10)14-11-5-3-2-4-6-12(11)16/h7-9,11-12,14,16H,2-6H2,1H3,(H,13,15). The first-order valence-electron chi connectivity index (χ1n) is 6.21. The molecule has 1 aromatic heterocycles. The highest BCUT2D eigenvalue weighted by Gasteiger charge is 2.23. The molecule has 0 amide bonds. The van der Waals surface area contributed by atoms with E-state index in [9.17, 15) is 5.11 Å². The molecule has 4 heteroatoms. The molecule has 3 N–H and O–H groups in total. The van der Waals surface area contributed by atoms with Crippen molar-refractivity contribution in [2.45, 2.75) is 57.2 Å². The minimum atomic E-state index is -0.201. The van der Waals surface area contributed by atoms with Crippen LogP contribution in [0.5, 0.6) is 0 Å². The zero-order chi connectivity index (χ0) is 11.4. The number of hydrogen-bond donors (Lipinski definition) is 3. The van der Waals surface area contributed by atoms with Crippen LogP contribution in [-0.2, 0) is 0 Å². The maximum absolute atomic E-state index is 10.0. The van der Waals surface area contributed by atoms with Gasteiger partial charge in [0.2, 0.25) is 0 Å². The molecule has 16 heavy (non-hydrogen) atoms. The number of aromatic amines is 1. The number of aliphatic hydroxyl groups is 1. The molecule has 2 rings (SSSR count). The van der Waals surface area contributed by atoms with E-state index in [2.05, 4.69) is 22.4 Å². The van der Waals surface area contributed by atoms with E-state index in [4.69, 9.17) is 0 Å². The Kier molecular flexibility index (Phi) is 3.96. The molecule has 0 saturated heterocycles. The fourth-order valence-electron chi connectivity index (χ4n) is 2.40. The Morgan fingerprint density at radius 3 is 3.00 bits per heavy atom. The first kappa shape index (κ1) is 11.6. The van der Waals surface area contributed by atoms with Crippen molar-refractivity contribution in [3.63, 3.8) is 0 Å². The highest BCUT2D eigenvalue weighted by molar-refractivity contribution is 5.03. The van der Waals surface area contributed by atoms with Crippen molar-refractivity contribution in [1.82, 2.24) is 15.5 Å². The Labute approximate surface area is 96.5 Å². The second kappa shape index (κ2) is 5.46. The van der Waals surface area contributed by atoms with Crippen LogP contribution in [0.25, 0.3) is 0 Å². The second-order valence-corrected chi connectivity index (χ2v) is 4.71. The lowest BCUT2D eigenvalue weighted by Gasteiger charge is -2.25. The summed E-state index contributed by atoms with van der Waals surface area (Å²) in [5.41, 5.74) is 1.08. The predicted molar refractivity (Wildman–Crippen MR) is 63.0 cm³/mol. The molecule has 3 unspecified atom stereocenters. The van der Waals surface area contributed by atoms with Crippen molar-refractivity contribution >= 4 is 0 Å². The van der Waals surface area contributed by atoms with Crippen LogP contribution in [-0.4, -0.2) is 27.4 Å². The lowest BCUT2D eigenvalue weighted by atomic mass is 10.0. The fraction of sp³-hybridized carbons (Fsp3) is 0.750. The molecular weight excluding hydrogens is 202 g/mol. The van der Waals surface area contributed by atoms with Crippen molar-refractivity contribution < 1.29 is 5.11 Å². The summed E-state index contributed by atoms with van der Waals surface area (Å²) in [5, 5.41) is 20.4. The van der Waals surface area contributed by atoms with Gasteiger partial charge in [-0.3, -0.25) is 5.10 Å². The van der Waals surface area contributed by atoms with Gasteiger partial charge in [-0.05, 0) is 25.8 Å². The Morgan fingerprint density at radius 2 is 2.25 bits per heavy atom. The van der Waals surface area contributed by atoms with Gasteiger partial charge >= 0.3 is 0 Å². The molecule has 1 fully saturated rings. The Morgan fingerprint density at radius 1 is 1.44 bits per heavy atom. The number of aliphatic hydroxyl groups excluding tert-OH is 1. The molecule has 1 aliphatic rings. The van der Waals surface area contributed by atoms with Gasteiger partial charge in [0.05, 0.1) is 11.8 Å². The lowest BCUT2D eigenvalue weighted by Crippen LogP contribution is -2.40. The molecule has 1 saturated carbocycles. The van der Waals surface area contributed by atoms with Crippen LogP contribution < -0.4 is 5.32 Å². The lowest BCUT2D eigenvalue weighted by molar-refractivity contribution is 0.114. The van der Waals surface area contributed by atoms with Crippen molar-refractivity contribution in [3.8, 4) is 0 Å². The Bertz CT molecular complexity index is 299. The monoisotopic (exact) mass is 223 g/mol. The molecule has 4 nitrogen and oxygen atoms in total. The molecule has 90 valence electrons. The molecule has 0 bridgehead atoms. The molecular formula is C12H21N3O. The van der Waals surface area contributed by atoms with Gasteiger partial charge in [0.15, 0.2) is 0 Å². The summed E-state index contributed by atoms with van der Waals surface area (Å²) in [6.45, 7) is 2.10. The Balaban J connectivity index is 1.92. The van der Waals surface area contributed by atoms with Crippen LogP contribution in [0, 0.1) is 0 Å². The number of rotatable bonds is 3. The molecule has 1 heterocycles. The third kappa shape index (κ3) is 2.83. The van der Waals surface area contributed by atoms with Crippen LogP contribution in [0.4, 0.5) is 0 Å². The topological polar surface area (TPSA) is 60.9 Å². The maximum atomic E-state index is 10.0. The van der Waals surface area contributed by atoms with E-state index >= 15 is 0 Å². The van der Waals surface area contributed by atoms with E-state index in [1.807, 2.05) is 6.07 Å². The van der Waals surface area contributed by atoms with Crippen molar-refractivity contribution in [3.05, 3.63) is 18.0 Å². The van der Waals surface area contributed by atoms with Gasteiger partial charge in [0.25, 0.3) is 0 Å². The molecule has 0 radical (unpaired) electrons. The average Bonchev–Trinajstić information content (AvgIpc) is 2.73. The van der Waals surface area contributed by atoms with Crippen molar-refractivity contribution in [2.24, 2.45) is 0 Å². The molecule has 3 atom stereocenters. The minimum absolute atomic E-state index is 0.201. The van der Waals surface area contributed by atoms with E-state index < -0.39 is 0 Å². The number of nitrogens with zero attached hydrogens (tertiary/aromatic N) is 1. The number of aromatic nitrogens is 2. The molecule has 1 aromatic rings. The van der Waals surface area contributed by atoms with Gasteiger partial charge in [-0.25, -0.2) is 0 Å². The van der Waals surface area contributed by atoms with Crippen molar-refractivity contribution in [2.75, 3.05) is 0 Å². The summed E-state index contributed by atoms with van der Waals surface area (Å²) < 4.78 is 0. The van der Waals surface area contributed by atoms with Crippen LogP contribution >= 0.6 is 0 Å². The number of nitrogens with one attached hydrogen (secondary N) is 2. The van der Waals surface area contributed by atoms with Gasteiger partial charge in [0.1, 0.15) is 0 Å². The molecule has 0 aliphatic heterocycles. The van der Waals surface area contributed by atoms with Crippen LogP contribution in [0.2, 0.25) is 0 Å². The SMILES string of the molecule is CC(NC1CCCCCC1O)c1ccn[nH]1. The number of hydrogen-bond acceptors (Lipinski definition) is 3. The van der Waals surface area contributed by atoms with Gasteiger partial charge in [-0.15, -0.1) is 0 Å². The molecule has 0 spiro atoms. The van der Waals surface area contributed by atoms with Gasteiger partial charge in [-0.1, -0.05) is 19.3 Å². The van der Waals surface area contributed by atoms with Crippen LogP contribution in [0.15, 0.2) is 12.3 Å². The first-order valence-corrected chi connectivity index (χ1v) is 6.21. The summed E-state index contributed by atoms with van der Waals surface area (Å²) in [6.07, 6.45) is 7.16.